The van der Waals surface area contributed by atoms with Gasteiger partial charge in [-0.1, -0.05) is 18.2 Å². The zero-order chi connectivity index (χ0) is 19.9. The number of benzene rings is 2. The first-order chi connectivity index (χ1) is 13.6. The molecule has 0 aliphatic rings. The van der Waals surface area contributed by atoms with E-state index in [1.807, 2.05) is 0 Å². The van der Waals surface area contributed by atoms with Crippen molar-refractivity contribution in [3.05, 3.63) is 76.0 Å². The predicted octanol–water partition coefficient (Wildman–Crippen LogP) is 3.48. The van der Waals surface area contributed by atoms with E-state index in [1.165, 1.54) is 30.7 Å². The summed E-state index contributed by atoms with van der Waals surface area (Å²) < 4.78 is 5.09. The fourth-order valence-corrected chi connectivity index (χ4v) is 2.98. The van der Waals surface area contributed by atoms with Gasteiger partial charge in [-0.3, -0.25) is 9.59 Å². The van der Waals surface area contributed by atoms with Gasteiger partial charge in [-0.2, -0.15) is 5.10 Å². The molecule has 0 aliphatic carbocycles. The van der Waals surface area contributed by atoms with Gasteiger partial charge < -0.3 is 15.2 Å². The Morgan fingerprint density at radius 3 is 2.68 bits per heavy atom. The van der Waals surface area contributed by atoms with E-state index in [-0.39, 0.29) is 17.2 Å². The maximum absolute atomic E-state index is 12.5. The van der Waals surface area contributed by atoms with Crippen LogP contribution in [0.1, 0.15) is 25.6 Å². The second kappa shape index (κ2) is 8.83. The number of hydrazone groups is 1. The maximum atomic E-state index is 12.5. The number of thiophene rings is 1. The number of ether oxygens (including phenoxy) is 1. The van der Waals surface area contributed by atoms with Crippen molar-refractivity contribution in [2.45, 2.75) is 0 Å². The maximum Gasteiger partial charge on any atom is 0.273 e. The van der Waals surface area contributed by atoms with Gasteiger partial charge in [0, 0.05) is 5.56 Å². The van der Waals surface area contributed by atoms with Crippen LogP contribution in [0, 0.1) is 0 Å². The van der Waals surface area contributed by atoms with Crippen LogP contribution in [0.25, 0.3) is 0 Å². The number of phenols is 1. The van der Waals surface area contributed by atoms with Crippen molar-refractivity contribution in [1.82, 2.24) is 5.43 Å². The Morgan fingerprint density at radius 1 is 1.11 bits per heavy atom. The lowest BCUT2D eigenvalue weighted by Gasteiger charge is -2.09. The van der Waals surface area contributed by atoms with Crippen molar-refractivity contribution in [3.8, 4) is 11.5 Å². The number of hydrogen-bond acceptors (Lipinski definition) is 6. The van der Waals surface area contributed by atoms with Crippen LogP contribution in [-0.2, 0) is 0 Å². The molecule has 0 aliphatic heterocycles. The molecule has 0 radical (unpaired) electrons. The summed E-state index contributed by atoms with van der Waals surface area (Å²) in [4.78, 5) is 25.3. The highest BCUT2D eigenvalue weighted by atomic mass is 32.1. The molecule has 3 N–H and O–H groups in total. The summed E-state index contributed by atoms with van der Waals surface area (Å²) in [5.41, 5.74) is 3.41. The van der Waals surface area contributed by atoms with Gasteiger partial charge in [0.25, 0.3) is 11.8 Å². The largest absolute Gasteiger partial charge is 0.507 e. The van der Waals surface area contributed by atoms with E-state index < -0.39 is 5.91 Å². The summed E-state index contributed by atoms with van der Waals surface area (Å²) in [5, 5.41) is 18.2. The number of carbonyl (C=O) groups excluding carboxylic acids is 2. The van der Waals surface area contributed by atoms with E-state index in [0.29, 0.717) is 21.9 Å². The molecule has 7 nitrogen and oxygen atoms in total. The van der Waals surface area contributed by atoms with E-state index in [4.69, 9.17) is 4.74 Å². The first-order valence-corrected chi connectivity index (χ1v) is 9.10. The Bertz CT molecular complexity index is 1020. The van der Waals surface area contributed by atoms with Gasteiger partial charge in [0.2, 0.25) is 0 Å². The van der Waals surface area contributed by atoms with E-state index >= 15 is 0 Å². The molecule has 0 bridgehead atoms. The van der Waals surface area contributed by atoms with Crippen LogP contribution >= 0.6 is 11.3 Å². The van der Waals surface area contributed by atoms with Gasteiger partial charge in [-0.25, -0.2) is 5.43 Å². The fourth-order valence-electron chi connectivity index (χ4n) is 2.37. The van der Waals surface area contributed by atoms with E-state index in [2.05, 4.69) is 15.8 Å². The lowest BCUT2D eigenvalue weighted by molar-refractivity contribution is 0.0956. The molecule has 0 fully saturated rings. The van der Waals surface area contributed by atoms with Crippen LogP contribution in [0.15, 0.2) is 65.1 Å². The Morgan fingerprint density at radius 2 is 1.93 bits per heavy atom. The van der Waals surface area contributed by atoms with E-state index in [0.717, 1.165) is 0 Å². The first kappa shape index (κ1) is 19.1. The van der Waals surface area contributed by atoms with Gasteiger partial charge >= 0.3 is 0 Å². The SMILES string of the molecule is COc1ccc(O)c(/C=N/NC(=O)c2ccccc2NC(=O)c2cccs2)c1. The molecule has 0 spiro atoms. The number of nitrogens with zero attached hydrogens (tertiary/aromatic N) is 1. The molecule has 2 amide bonds. The average Bonchev–Trinajstić information content (AvgIpc) is 3.25. The number of hydrogen-bond donors (Lipinski definition) is 3. The molecule has 1 heterocycles. The highest BCUT2D eigenvalue weighted by Crippen LogP contribution is 2.21. The number of methoxy groups -OCH3 is 1. The Hall–Kier alpha value is -3.65. The van der Waals surface area contributed by atoms with Crippen LogP contribution in [-0.4, -0.2) is 30.2 Å². The lowest BCUT2D eigenvalue weighted by Crippen LogP contribution is -2.21. The van der Waals surface area contributed by atoms with Gasteiger partial charge in [-0.15, -0.1) is 11.3 Å². The van der Waals surface area contributed by atoms with Gasteiger partial charge in [0.05, 0.1) is 29.5 Å². The summed E-state index contributed by atoms with van der Waals surface area (Å²) in [5.74, 6) is -0.240. The Labute approximate surface area is 165 Å². The molecule has 3 rings (SSSR count). The minimum atomic E-state index is -0.499. The number of para-hydroxylation sites is 1. The molecule has 28 heavy (non-hydrogen) atoms. The zero-order valence-corrected chi connectivity index (χ0v) is 15.7. The quantitative estimate of drug-likeness (QED) is 0.439. The second-order valence-corrected chi connectivity index (χ2v) is 6.55. The smallest absolute Gasteiger partial charge is 0.273 e. The number of aromatic hydroxyl groups is 1. The molecule has 1 aromatic heterocycles. The number of phenolic OH excluding ortho intramolecular Hbond substituents is 1. The molecule has 3 aromatic rings. The van der Waals surface area contributed by atoms with Crippen molar-refractivity contribution in [1.29, 1.82) is 0 Å². The van der Waals surface area contributed by atoms with Crippen LogP contribution in [0.4, 0.5) is 5.69 Å². The van der Waals surface area contributed by atoms with Crippen molar-refractivity contribution < 1.29 is 19.4 Å². The topological polar surface area (TPSA) is 100 Å². The predicted molar refractivity (Wildman–Crippen MR) is 108 cm³/mol. The van der Waals surface area contributed by atoms with E-state index in [9.17, 15) is 14.7 Å². The second-order valence-electron chi connectivity index (χ2n) is 5.60. The first-order valence-electron chi connectivity index (χ1n) is 8.23. The number of carbonyl (C=O) groups is 2. The summed E-state index contributed by atoms with van der Waals surface area (Å²) in [6, 6.07) is 14.8. The number of amides is 2. The van der Waals surface area contributed by atoms with Gasteiger partial charge in [0.1, 0.15) is 11.5 Å². The normalized spacial score (nSPS) is 10.6. The molecule has 0 atom stereocenters. The molecule has 2 aromatic carbocycles. The number of anilines is 1. The van der Waals surface area contributed by atoms with Crippen molar-refractivity contribution in [3.63, 3.8) is 0 Å². The highest BCUT2D eigenvalue weighted by molar-refractivity contribution is 7.12. The number of rotatable bonds is 6. The zero-order valence-electron chi connectivity index (χ0n) is 14.9. The fraction of sp³-hybridized carbons (Fsp3) is 0.0500. The summed E-state index contributed by atoms with van der Waals surface area (Å²) >= 11 is 1.31. The van der Waals surface area contributed by atoms with Crippen molar-refractivity contribution >= 4 is 35.1 Å². The molecule has 0 saturated carbocycles. The molecule has 8 heteroatoms. The summed E-state index contributed by atoms with van der Waals surface area (Å²) in [6.45, 7) is 0. The van der Waals surface area contributed by atoms with Gasteiger partial charge in [-0.05, 0) is 41.8 Å². The van der Waals surface area contributed by atoms with Crippen LogP contribution < -0.4 is 15.5 Å². The third kappa shape index (κ3) is 4.54. The summed E-state index contributed by atoms with van der Waals surface area (Å²) in [6.07, 6.45) is 1.31. The Kier molecular flexibility index (Phi) is 6.03. The van der Waals surface area contributed by atoms with Crippen LogP contribution in [0.3, 0.4) is 0 Å². The highest BCUT2D eigenvalue weighted by Gasteiger charge is 2.14. The number of nitrogens with one attached hydrogen (secondary N) is 2. The average molecular weight is 395 g/mol. The van der Waals surface area contributed by atoms with E-state index in [1.54, 1.807) is 53.9 Å². The molecule has 0 saturated heterocycles. The monoisotopic (exact) mass is 395 g/mol. The lowest BCUT2D eigenvalue weighted by atomic mass is 10.1. The van der Waals surface area contributed by atoms with Crippen molar-refractivity contribution in [2.24, 2.45) is 5.10 Å². The third-order valence-corrected chi connectivity index (χ3v) is 4.64. The molecule has 142 valence electrons. The Balaban J connectivity index is 1.72. The van der Waals surface area contributed by atoms with Gasteiger partial charge in [0.15, 0.2) is 0 Å². The molecular formula is C20H17N3O4S. The molecular weight excluding hydrogens is 378 g/mol. The minimum Gasteiger partial charge on any atom is -0.507 e. The van der Waals surface area contributed by atoms with Crippen LogP contribution in [0.5, 0.6) is 11.5 Å². The third-order valence-electron chi connectivity index (χ3n) is 3.77. The van der Waals surface area contributed by atoms with Crippen LogP contribution in [0.2, 0.25) is 0 Å². The standard InChI is InChI=1S/C20H17N3O4S/c1-27-14-8-9-17(24)13(11-14)12-21-23-19(25)15-5-2-3-6-16(15)22-20(26)18-7-4-10-28-18/h2-12,24H,1H3,(H,22,26)(H,23,25)/b21-12+. The molecule has 0 unspecified atom stereocenters. The minimum absolute atomic E-state index is 0.00223. The summed E-state index contributed by atoms with van der Waals surface area (Å²) in [7, 11) is 1.51. The van der Waals surface area contributed by atoms with Crippen molar-refractivity contribution in [2.75, 3.05) is 12.4 Å².